The van der Waals surface area contributed by atoms with E-state index in [0.29, 0.717) is 24.4 Å². The molecule has 1 aliphatic carbocycles. The van der Waals surface area contributed by atoms with Crippen LogP contribution in [0.15, 0.2) is 6.07 Å². The normalized spacial score (nSPS) is 16.1. The van der Waals surface area contributed by atoms with E-state index in [1.165, 1.54) is 18.5 Å². The Morgan fingerprint density at radius 2 is 2.09 bits per heavy atom. The molecular formula is C18H30N2O2. The van der Waals surface area contributed by atoms with Gasteiger partial charge in [0.2, 0.25) is 0 Å². The Kier molecular flexibility index (Phi) is 5.68. The molecule has 1 aliphatic rings. The Hall–Kier alpha value is -1.29. The van der Waals surface area contributed by atoms with Crippen molar-refractivity contribution in [2.24, 2.45) is 11.8 Å². The van der Waals surface area contributed by atoms with Gasteiger partial charge in [0.25, 0.3) is 5.91 Å². The predicted octanol–water partition coefficient (Wildman–Crippen LogP) is 3.21. The molecule has 1 heterocycles. The lowest BCUT2D eigenvalue weighted by Gasteiger charge is -2.18. The highest BCUT2D eigenvalue weighted by Gasteiger charge is 2.28. The Labute approximate surface area is 133 Å². The van der Waals surface area contributed by atoms with Crippen molar-refractivity contribution in [3.63, 3.8) is 0 Å². The maximum Gasteiger partial charge on any atom is 0.253 e. The fourth-order valence-corrected chi connectivity index (χ4v) is 3.39. The smallest absolute Gasteiger partial charge is 0.253 e. The zero-order chi connectivity index (χ0) is 16.3. The van der Waals surface area contributed by atoms with E-state index in [-0.39, 0.29) is 12.5 Å². The van der Waals surface area contributed by atoms with Crippen LogP contribution in [0.5, 0.6) is 0 Å². The summed E-state index contributed by atoms with van der Waals surface area (Å²) >= 11 is 0. The summed E-state index contributed by atoms with van der Waals surface area (Å²) in [6.45, 7) is 9.30. The molecule has 4 heteroatoms. The van der Waals surface area contributed by atoms with Crippen molar-refractivity contribution in [1.29, 1.82) is 0 Å². The summed E-state index contributed by atoms with van der Waals surface area (Å²) in [5, 5.41) is 12.2. The van der Waals surface area contributed by atoms with Gasteiger partial charge in [-0.15, -0.1) is 0 Å². The summed E-state index contributed by atoms with van der Waals surface area (Å²) in [5.74, 6) is 0.945. The minimum atomic E-state index is 0.0201. The molecule has 1 aromatic rings. The first-order chi connectivity index (χ1) is 10.4. The minimum Gasteiger partial charge on any atom is -0.396 e. The number of hydrogen-bond donors (Lipinski definition) is 2. The van der Waals surface area contributed by atoms with Crippen LogP contribution >= 0.6 is 0 Å². The van der Waals surface area contributed by atoms with Crippen molar-refractivity contribution in [3.8, 4) is 0 Å². The van der Waals surface area contributed by atoms with E-state index < -0.39 is 0 Å². The van der Waals surface area contributed by atoms with Gasteiger partial charge in [0.1, 0.15) is 0 Å². The average molecular weight is 306 g/mol. The zero-order valence-electron chi connectivity index (χ0n) is 14.4. The van der Waals surface area contributed by atoms with Gasteiger partial charge < -0.3 is 15.0 Å². The molecule has 0 aromatic carbocycles. The number of amides is 1. The number of aryl methyl sites for hydroxylation is 1. The molecule has 2 rings (SSSR count). The molecule has 1 unspecified atom stereocenters. The number of aromatic nitrogens is 1. The summed E-state index contributed by atoms with van der Waals surface area (Å²) < 4.78 is 2.30. The second kappa shape index (κ2) is 7.32. The van der Waals surface area contributed by atoms with Gasteiger partial charge in [0, 0.05) is 30.6 Å². The average Bonchev–Trinajstić information content (AvgIpc) is 3.22. The number of hydrogen-bond acceptors (Lipinski definition) is 2. The first-order valence-corrected chi connectivity index (χ1v) is 8.51. The van der Waals surface area contributed by atoms with Crippen LogP contribution < -0.4 is 5.32 Å². The molecule has 1 fully saturated rings. The molecule has 1 amide bonds. The first-order valence-electron chi connectivity index (χ1n) is 8.51. The van der Waals surface area contributed by atoms with E-state index in [2.05, 4.69) is 30.7 Å². The largest absolute Gasteiger partial charge is 0.396 e. The van der Waals surface area contributed by atoms with Crippen LogP contribution in [0.3, 0.4) is 0 Å². The van der Waals surface area contributed by atoms with Crippen LogP contribution in [0.2, 0.25) is 0 Å². The number of nitrogens with zero attached hydrogens (tertiary/aromatic N) is 1. The molecule has 22 heavy (non-hydrogen) atoms. The van der Waals surface area contributed by atoms with E-state index in [0.717, 1.165) is 24.1 Å². The first kappa shape index (κ1) is 17.1. The van der Waals surface area contributed by atoms with Gasteiger partial charge >= 0.3 is 0 Å². The number of carbonyl (C=O) groups excluding carboxylic acids is 1. The molecule has 124 valence electrons. The third-order valence-electron chi connectivity index (χ3n) is 4.53. The molecule has 0 spiro atoms. The molecule has 2 N–H and O–H groups in total. The predicted molar refractivity (Wildman–Crippen MR) is 89.2 cm³/mol. The van der Waals surface area contributed by atoms with Gasteiger partial charge in [-0.3, -0.25) is 4.79 Å². The quantitative estimate of drug-likeness (QED) is 0.775. The van der Waals surface area contributed by atoms with E-state index >= 15 is 0 Å². The summed E-state index contributed by atoms with van der Waals surface area (Å²) in [5.41, 5.74) is 3.07. The third-order valence-corrected chi connectivity index (χ3v) is 4.53. The Morgan fingerprint density at radius 3 is 2.64 bits per heavy atom. The lowest BCUT2D eigenvalue weighted by atomic mass is 9.94. The van der Waals surface area contributed by atoms with Gasteiger partial charge in [-0.2, -0.15) is 0 Å². The highest BCUT2D eigenvalue weighted by atomic mass is 16.3. The number of aliphatic hydroxyl groups excluding tert-OH is 1. The van der Waals surface area contributed by atoms with Crippen molar-refractivity contribution in [2.75, 3.05) is 13.2 Å². The molecule has 0 saturated heterocycles. The van der Waals surface area contributed by atoms with Crippen LogP contribution in [-0.4, -0.2) is 28.7 Å². The molecule has 1 aromatic heterocycles. The maximum absolute atomic E-state index is 12.5. The highest BCUT2D eigenvalue weighted by molar-refractivity contribution is 5.95. The highest BCUT2D eigenvalue weighted by Crippen LogP contribution is 2.38. The summed E-state index contributed by atoms with van der Waals surface area (Å²) in [6, 6.07) is 2.61. The topological polar surface area (TPSA) is 54.3 Å². The Balaban J connectivity index is 1.98. The molecule has 0 radical (unpaired) electrons. The number of aliphatic hydroxyl groups is 1. The van der Waals surface area contributed by atoms with Crippen molar-refractivity contribution in [1.82, 2.24) is 9.88 Å². The molecule has 0 aliphatic heterocycles. The van der Waals surface area contributed by atoms with Crippen LogP contribution in [0, 0.1) is 25.7 Å². The Morgan fingerprint density at radius 1 is 1.41 bits per heavy atom. The second-order valence-corrected chi connectivity index (χ2v) is 7.10. The molecule has 0 bridgehead atoms. The van der Waals surface area contributed by atoms with E-state index in [1.807, 2.05) is 13.0 Å². The van der Waals surface area contributed by atoms with E-state index in [1.54, 1.807) is 0 Å². The number of carbonyl (C=O) groups is 1. The second-order valence-electron chi connectivity index (χ2n) is 7.10. The van der Waals surface area contributed by atoms with Gasteiger partial charge in [-0.1, -0.05) is 13.8 Å². The van der Waals surface area contributed by atoms with E-state index in [4.69, 9.17) is 5.11 Å². The summed E-state index contributed by atoms with van der Waals surface area (Å²) in [4.78, 5) is 12.5. The van der Waals surface area contributed by atoms with Crippen LogP contribution in [0.1, 0.15) is 67.3 Å². The molecule has 1 saturated carbocycles. The SMILES string of the molecule is Cc1cc(C(=O)NCC(CCO)CC(C)C)c(C)n1C1CC1. The van der Waals surface area contributed by atoms with Gasteiger partial charge in [0.05, 0.1) is 5.56 Å². The third kappa shape index (κ3) is 4.13. The molecular weight excluding hydrogens is 276 g/mol. The van der Waals surface area contributed by atoms with Crippen molar-refractivity contribution < 1.29 is 9.90 Å². The van der Waals surface area contributed by atoms with Crippen molar-refractivity contribution in [2.45, 2.75) is 59.4 Å². The standard InChI is InChI=1S/C18H30N2O2/c1-12(2)9-15(7-8-21)11-19-18(22)17-10-13(3)20(14(17)4)16-5-6-16/h10,12,15-16,21H,5-9,11H2,1-4H3,(H,19,22). The summed E-state index contributed by atoms with van der Waals surface area (Å²) in [7, 11) is 0. The molecule has 4 nitrogen and oxygen atoms in total. The van der Waals surface area contributed by atoms with Crippen molar-refractivity contribution in [3.05, 3.63) is 23.0 Å². The summed E-state index contributed by atoms with van der Waals surface area (Å²) in [6.07, 6.45) is 4.23. The van der Waals surface area contributed by atoms with Crippen molar-refractivity contribution >= 4 is 5.91 Å². The van der Waals surface area contributed by atoms with Crippen LogP contribution in [0.4, 0.5) is 0 Å². The fraction of sp³-hybridized carbons (Fsp3) is 0.722. The maximum atomic E-state index is 12.5. The van der Waals surface area contributed by atoms with Crippen LogP contribution in [0.25, 0.3) is 0 Å². The number of nitrogens with one attached hydrogen (secondary N) is 1. The minimum absolute atomic E-state index is 0.0201. The lowest BCUT2D eigenvalue weighted by molar-refractivity contribution is 0.0940. The number of rotatable bonds is 8. The molecule has 1 atom stereocenters. The monoisotopic (exact) mass is 306 g/mol. The van der Waals surface area contributed by atoms with Gasteiger partial charge in [-0.05, 0) is 57.4 Å². The fourth-order valence-electron chi connectivity index (χ4n) is 3.39. The van der Waals surface area contributed by atoms with Crippen LogP contribution in [-0.2, 0) is 0 Å². The lowest BCUT2D eigenvalue weighted by Crippen LogP contribution is -2.30. The van der Waals surface area contributed by atoms with Gasteiger partial charge in [0.15, 0.2) is 0 Å². The van der Waals surface area contributed by atoms with E-state index in [9.17, 15) is 4.79 Å². The van der Waals surface area contributed by atoms with Gasteiger partial charge in [-0.25, -0.2) is 0 Å². The zero-order valence-corrected chi connectivity index (χ0v) is 14.4. The Bertz CT molecular complexity index is 515.